The second kappa shape index (κ2) is 7.35. The monoisotopic (exact) mass is 356 g/mol. The molecule has 0 spiro atoms. The Morgan fingerprint density at radius 2 is 1.22 bits per heavy atom. The first kappa shape index (κ1) is 16.3. The maximum absolute atomic E-state index is 6.22. The molecule has 116 valence electrons. The van der Waals surface area contributed by atoms with Gasteiger partial charge in [0.25, 0.3) is 0 Å². The lowest BCUT2D eigenvalue weighted by atomic mass is 10.3. The van der Waals surface area contributed by atoms with Crippen LogP contribution in [-0.2, 0) is 11.8 Å². The van der Waals surface area contributed by atoms with Crippen molar-refractivity contribution < 1.29 is 4.74 Å². The minimum Gasteiger partial charge on any atom is -0.497 e. The summed E-state index contributed by atoms with van der Waals surface area (Å²) in [5, 5.41) is 0.488. The van der Waals surface area contributed by atoms with Crippen molar-refractivity contribution in [1.29, 1.82) is 0 Å². The van der Waals surface area contributed by atoms with E-state index in [9.17, 15) is 0 Å². The summed E-state index contributed by atoms with van der Waals surface area (Å²) < 4.78 is 5.24. The van der Waals surface area contributed by atoms with E-state index in [1.165, 1.54) is 15.5 Å². The normalized spacial score (nSPS) is 11.2. The largest absolute Gasteiger partial charge is 0.497 e. The second-order valence-corrected chi connectivity index (χ2v) is 12.3. The Morgan fingerprint density at radius 1 is 0.739 bits per heavy atom. The average Bonchev–Trinajstić information content (AvgIpc) is 2.64. The third-order valence-electron chi connectivity index (χ3n) is 3.49. The summed E-state index contributed by atoms with van der Waals surface area (Å²) in [5.74, 6) is 0.863. The Hall–Kier alpha value is -1.54. The number of ether oxygens (including phenoxy) is 1. The van der Waals surface area contributed by atoms with Crippen molar-refractivity contribution in [2.24, 2.45) is 0 Å². The summed E-state index contributed by atoms with van der Waals surface area (Å²) in [6, 6.07) is 29.0. The first-order valence-corrected chi connectivity index (χ1v) is 11.5. The van der Waals surface area contributed by atoms with Crippen LogP contribution in [0.15, 0.2) is 89.8 Å². The Labute approximate surface area is 146 Å². The third-order valence-corrected chi connectivity index (χ3v) is 10.8. The molecule has 3 rings (SSSR count). The number of methoxy groups -OCH3 is 1. The quantitative estimate of drug-likeness (QED) is 0.606. The van der Waals surface area contributed by atoms with E-state index in [1.54, 1.807) is 18.5 Å². The van der Waals surface area contributed by atoms with Crippen LogP contribution in [0, 0.1) is 0 Å². The molecule has 0 radical (unpaired) electrons. The summed E-state index contributed by atoms with van der Waals surface area (Å²) >= 11 is 8.01. The van der Waals surface area contributed by atoms with Gasteiger partial charge in [-0.05, 0) is 34.9 Å². The number of rotatable bonds is 5. The van der Waals surface area contributed by atoms with Gasteiger partial charge in [-0.2, -0.15) is 0 Å². The van der Waals surface area contributed by atoms with Crippen LogP contribution in [0.4, 0.5) is 0 Å². The lowest BCUT2D eigenvalue weighted by Gasteiger charge is -2.22. The van der Waals surface area contributed by atoms with Crippen molar-refractivity contribution in [3.8, 4) is 5.75 Å². The van der Waals surface area contributed by atoms with Gasteiger partial charge in [0.15, 0.2) is 0 Å². The molecule has 0 saturated heterocycles. The summed E-state index contributed by atoms with van der Waals surface area (Å²) in [7, 11) is 1.68. The number of benzene rings is 3. The van der Waals surface area contributed by atoms with E-state index in [-0.39, 0.29) is 0 Å². The van der Waals surface area contributed by atoms with Crippen LogP contribution in [0.2, 0.25) is 0 Å². The fourth-order valence-corrected chi connectivity index (χ4v) is 8.60. The molecule has 23 heavy (non-hydrogen) atoms. The predicted octanol–water partition coefficient (Wildman–Crippen LogP) is 4.83. The van der Waals surface area contributed by atoms with Crippen molar-refractivity contribution in [2.75, 3.05) is 7.11 Å². The highest BCUT2D eigenvalue weighted by molar-refractivity contribution is 8.75. The fourth-order valence-electron chi connectivity index (χ4n) is 2.29. The zero-order chi connectivity index (χ0) is 16.1. The van der Waals surface area contributed by atoms with Gasteiger partial charge in [-0.1, -0.05) is 83.9 Å². The van der Waals surface area contributed by atoms with Crippen molar-refractivity contribution in [1.82, 2.24) is 0 Å². The Bertz CT molecular complexity index is 758. The molecular weight excluding hydrogens is 339 g/mol. The molecule has 3 aromatic carbocycles. The molecule has 0 atom stereocenters. The van der Waals surface area contributed by atoms with Crippen molar-refractivity contribution >= 4 is 39.0 Å². The van der Waals surface area contributed by atoms with Gasteiger partial charge in [0.05, 0.1) is 12.3 Å². The zero-order valence-electron chi connectivity index (χ0n) is 12.8. The highest BCUT2D eigenvalue weighted by Gasteiger charge is 2.23. The summed E-state index contributed by atoms with van der Waals surface area (Å²) in [4.78, 5) is 1.17. The summed E-state index contributed by atoms with van der Waals surface area (Å²) in [6.07, 6.45) is 0. The molecule has 0 amide bonds. The van der Waals surface area contributed by atoms with E-state index in [4.69, 9.17) is 16.5 Å². The third kappa shape index (κ3) is 3.69. The Balaban J connectivity index is 2.04. The van der Waals surface area contributed by atoms with Crippen molar-refractivity contribution in [2.45, 2.75) is 4.90 Å². The predicted molar refractivity (Wildman–Crippen MR) is 105 cm³/mol. The molecule has 0 aromatic heterocycles. The van der Waals surface area contributed by atoms with Crippen LogP contribution in [0.25, 0.3) is 0 Å². The smallest absolute Gasteiger partial charge is 0.118 e. The maximum atomic E-state index is 6.22. The van der Waals surface area contributed by atoms with Gasteiger partial charge >= 0.3 is 0 Å². The standard InChI is InChI=1S/C19H17OPS2/c1-20-16-12-14-19(15-13-16)23-21(22,17-8-4-2-5-9-17)18-10-6-3-7-11-18/h2-15H,1H3. The van der Waals surface area contributed by atoms with Gasteiger partial charge in [-0.3, -0.25) is 0 Å². The van der Waals surface area contributed by atoms with Crippen LogP contribution in [-0.4, -0.2) is 7.11 Å². The molecule has 0 aliphatic rings. The van der Waals surface area contributed by atoms with Crippen molar-refractivity contribution in [3.05, 3.63) is 84.9 Å². The first-order valence-electron chi connectivity index (χ1n) is 7.27. The minimum atomic E-state index is -1.96. The Kier molecular flexibility index (Phi) is 5.22. The molecule has 0 aliphatic carbocycles. The molecule has 0 heterocycles. The van der Waals surface area contributed by atoms with Gasteiger partial charge in [0.1, 0.15) is 5.75 Å². The Morgan fingerprint density at radius 3 is 1.65 bits per heavy atom. The summed E-state index contributed by atoms with van der Waals surface area (Å²) in [5.41, 5.74) is 0. The molecule has 0 aliphatic heterocycles. The summed E-state index contributed by atoms with van der Waals surface area (Å²) in [6.45, 7) is 0. The van der Waals surface area contributed by atoms with Crippen LogP contribution in [0.3, 0.4) is 0 Å². The molecule has 0 fully saturated rings. The van der Waals surface area contributed by atoms with Gasteiger partial charge < -0.3 is 4.74 Å². The molecule has 0 N–H and O–H groups in total. The molecule has 4 heteroatoms. The van der Waals surface area contributed by atoms with E-state index in [0.29, 0.717) is 0 Å². The van der Waals surface area contributed by atoms with Gasteiger partial charge in [-0.15, -0.1) is 0 Å². The van der Waals surface area contributed by atoms with Crippen LogP contribution in [0.1, 0.15) is 0 Å². The topological polar surface area (TPSA) is 9.23 Å². The molecule has 0 saturated carbocycles. The first-order chi connectivity index (χ1) is 11.2. The molecular formula is C19H17OPS2. The minimum absolute atomic E-state index is 0.863. The molecule has 0 bridgehead atoms. The fraction of sp³-hybridized carbons (Fsp3) is 0.0526. The van der Waals surface area contributed by atoms with Crippen LogP contribution < -0.4 is 15.3 Å². The molecule has 0 unspecified atom stereocenters. The zero-order valence-corrected chi connectivity index (χ0v) is 15.3. The highest BCUT2D eigenvalue weighted by Crippen LogP contribution is 2.60. The van der Waals surface area contributed by atoms with Gasteiger partial charge in [0, 0.05) is 4.90 Å². The van der Waals surface area contributed by atoms with E-state index in [1.807, 2.05) is 24.3 Å². The van der Waals surface area contributed by atoms with E-state index < -0.39 is 5.24 Å². The number of hydrogen-bond acceptors (Lipinski definition) is 3. The van der Waals surface area contributed by atoms with E-state index >= 15 is 0 Å². The van der Waals surface area contributed by atoms with Gasteiger partial charge in [0.2, 0.25) is 0 Å². The highest BCUT2D eigenvalue weighted by atomic mass is 32.9. The second-order valence-electron chi connectivity index (χ2n) is 4.99. The van der Waals surface area contributed by atoms with Crippen LogP contribution >= 0.6 is 16.6 Å². The van der Waals surface area contributed by atoms with Gasteiger partial charge in [-0.25, -0.2) is 0 Å². The van der Waals surface area contributed by atoms with Crippen LogP contribution in [0.5, 0.6) is 5.75 Å². The van der Waals surface area contributed by atoms with Crippen molar-refractivity contribution in [3.63, 3.8) is 0 Å². The molecule has 3 aromatic rings. The SMILES string of the molecule is COc1ccc(SP(=S)(c2ccccc2)c2ccccc2)cc1. The molecule has 1 nitrogen and oxygen atoms in total. The number of hydrogen-bond donors (Lipinski definition) is 0. The van der Waals surface area contributed by atoms with E-state index in [2.05, 4.69) is 60.7 Å². The average molecular weight is 356 g/mol. The maximum Gasteiger partial charge on any atom is 0.118 e. The lowest BCUT2D eigenvalue weighted by Crippen LogP contribution is -2.12. The lowest BCUT2D eigenvalue weighted by molar-refractivity contribution is 0.414. The van der Waals surface area contributed by atoms with E-state index in [0.717, 1.165) is 5.75 Å².